The number of fused-ring (bicyclic) bond motifs is 2. The molecule has 0 radical (unpaired) electrons. The van der Waals surface area contributed by atoms with Crippen molar-refractivity contribution in [3.8, 4) is 0 Å². The molecule has 0 fully saturated rings. The summed E-state index contributed by atoms with van der Waals surface area (Å²) in [6.45, 7) is 0.823. The topological polar surface area (TPSA) is 17.8 Å². The molecule has 21 heavy (non-hydrogen) atoms. The summed E-state index contributed by atoms with van der Waals surface area (Å²) in [6.07, 6.45) is 2.09. The SMILES string of the molecule is Clc1ccc2cc3ccn(Cc4ccccc4)c3nc2c1. The highest BCUT2D eigenvalue weighted by Gasteiger charge is 2.06. The van der Waals surface area contributed by atoms with Gasteiger partial charge in [-0.15, -0.1) is 0 Å². The van der Waals surface area contributed by atoms with Crippen molar-refractivity contribution in [2.24, 2.45) is 0 Å². The Balaban J connectivity index is 1.86. The van der Waals surface area contributed by atoms with Crippen LogP contribution in [0.4, 0.5) is 0 Å². The van der Waals surface area contributed by atoms with Gasteiger partial charge in [-0.3, -0.25) is 0 Å². The van der Waals surface area contributed by atoms with E-state index in [-0.39, 0.29) is 0 Å². The number of rotatable bonds is 2. The van der Waals surface area contributed by atoms with Gasteiger partial charge in [0.15, 0.2) is 0 Å². The third-order valence-electron chi connectivity index (χ3n) is 3.69. The first-order chi connectivity index (χ1) is 10.3. The fraction of sp³-hybridized carbons (Fsp3) is 0.0556. The van der Waals surface area contributed by atoms with Crippen LogP contribution < -0.4 is 0 Å². The van der Waals surface area contributed by atoms with Crippen molar-refractivity contribution in [1.29, 1.82) is 0 Å². The molecule has 0 unspecified atom stereocenters. The third-order valence-corrected chi connectivity index (χ3v) is 3.92. The molecule has 0 N–H and O–H groups in total. The molecule has 3 heteroatoms. The minimum atomic E-state index is 0.718. The zero-order valence-corrected chi connectivity index (χ0v) is 12.1. The lowest BCUT2D eigenvalue weighted by Gasteiger charge is -2.06. The maximum atomic E-state index is 6.07. The Morgan fingerprint density at radius 3 is 2.62 bits per heavy atom. The highest BCUT2D eigenvalue weighted by atomic mass is 35.5. The third kappa shape index (κ3) is 2.28. The number of hydrogen-bond acceptors (Lipinski definition) is 1. The lowest BCUT2D eigenvalue weighted by atomic mass is 10.2. The Morgan fingerprint density at radius 1 is 0.905 bits per heavy atom. The Morgan fingerprint density at radius 2 is 1.76 bits per heavy atom. The van der Waals surface area contributed by atoms with Crippen molar-refractivity contribution < 1.29 is 0 Å². The van der Waals surface area contributed by atoms with Crippen molar-refractivity contribution in [2.45, 2.75) is 6.54 Å². The molecule has 2 aromatic carbocycles. The molecule has 0 spiro atoms. The van der Waals surface area contributed by atoms with Crippen LogP contribution in [0, 0.1) is 0 Å². The Kier molecular flexibility index (Phi) is 2.90. The highest BCUT2D eigenvalue weighted by molar-refractivity contribution is 6.31. The number of aromatic nitrogens is 2. The van der Waals surface area contributed by atoms with E-state index in [0.717, 1.165) is 33.5 Å². The largest absolute Gasteiger partial charge is 0.328 e. The van der Waals surface area contributed by atoms with Gasteiger partial charge in [0.05, 0.1) is 5.52 Å². The maximum Gasteiger partial charge on any atom is 0.140 e. The van der Waals surface area contributed by atoms with Gasteiger partial charge in [-0.25, -0.2) is 4.98 Å². The lowest BCUT2D eigenvalue weighted by molar-refractivity contribution is 0.827. The molecule has 2 aromatic heterocycles. The first-order valence-corrected chi connectivity index (χ1v) is 7.26. The molecule has 0 bridgehead atoms. The first-order valence-electron chi connectivity index (χ1n) is 6.89. The number of pyridine rings is 1. The minimum absolute atomic E-state index is 0.718. The van der Waals surface area contributed by atoms with Gasteiger partial charge in [-0.2, -0.15) is 0 Å². The van der Waals surface area contributed by atoms with Gasteiger partial charge in [-0.05, 0) is 29.8 Å². The standard InChI is InChI=1S/C18H13ClN2/c19-16-7-6-14-10-15-8-9-21(18(15)20-17(14)11-16)12-13-4-2-1-3-5-13/h1-11H,12H2. The van der Waals surface area contributed by atoms with Crippen molar-refractivity contribution in [3.05, 3.63) is 77.4 Å². The van der Waals surface area contributed by atoms with Crippen LogP contribution in [-0.2, 0) is 6.54 Å². The fourth-order valence-electron chi connectivity index (χ4n) is 2.65. The van der Waals surface area contributed by atoms with E-state index in [0.29, 0.717) is 0 Å². The van der Waals surface area contributed by atoms with Crippen LogP contribution in [0.1, 0.15) is 5.56 Å². The smallest absolute Gasteiger partial charge is 0.140 e. The van der Waals surface area contributed by atoms with Crippen LogP contribution in [0.5, 0.6) is 0 Å². The van der Waals surface area contributed by atoms with Crippen LogP contribution >= 0.6 is 11.6 Å². The van der Waals surface area contributed by atoms with Crippen molar-refractivity contribution in [1.82, 2.24) is 9.55 Å². The van der Waals surface area contributed by atoms with E-state index in [9.17, 15) is 0 Å². The van der Waals surface area contributed by atoms with E-state index in [2.05, 4.69) is 47.2 Å². The molecular formula is C18H13ClN2. The van der Waals surface area contributed by atoms with E-state index in [1.165, 1.54) is 5.56 Å². The summed E-state index contributed by atoms with van der Waals surface area (Å²) in [5, 5.41) is 2.99. The summed E-state index contributed by atoms with van der Waals surface area (Å²) in [7, 11) is 0. The predicted octanol–water partition coefficient (Wildman–Crippen LogP) is 4.89. The highest BCUT2D eigenvalue weighted by Crippen LogP contribution is 2.23. The second-order valence-corrected chi connectivity index (χ2v) is 5.60. The monoisotopic (exact) mass is 292 g/mol. The quantitative estimate of drug-likeness (QED) is 0.514. The van der Waals surface area contributed by atoms with E-state index in [4.69, 9.17) is 16.6 Å². The van der Waals surface area contributed by atoms with Crippen LogP contribution in [-0.4, -0.2) is 9.55 Å². The fourth-order valence-corrected chi connectivity index (χ4v) is 2.81. The molecule has 0 atom stereocenters. The summed E-state index contributed by atoms with van der Waals surface area (Å²) in [5.41, 5.74) is 3.19. The van der Waals surface area contributed by atoms with Gasteiger partial charge in [0, 0.05) is 28.5 Å². The van der Waals surface area contributed by atoms with Crippen molar-refractivity contribution >= 4 is 33.5 Å². The molecule has 4 aromatic rings. The Hall–Kier alpha value is -2.32. The van der Waals surface area contributed by atoms with E-state index >= 15 is 0 Å². The van der Waals surface area contributed by atoms with Gasteiger partial charge in [0.1, 0.15) is 5.65 Å². The minimum Gasteiger partial charge on any atom is -0.328 e. The van der Waals surface area contributed by atoms with Gasteiger partial charge in [0.2, 0.25) is 0 Å². The van der Waals surface area contributed by atoms with Crippen LogP contribution in [0.15, 0.2) is 66.9 Å². The van der Waals surface area contributed by atoms with Crippen LogP contribution in [0.2, 0.25) is 5.02 Å². The van der Waals surface area contributed by atoms with Crippen molar-refractivity contribution in [2.75, 3.05) is 0 Å². The summed E-state index contributed by atoms with van der Waals surface area (Å²) >= 11 is 6.07. The number of hydrogen-bond donors (Lipinski definition) is 0. The lowest BCUT2D eigenvalue weighted by Crippen LogP contribution is -1.99. The van der Waals surface area contributed by atoms with Gasteiger partial charge in [-0.1, -0.05) is 48.0 Å². The summed E-state index contributed by atoms with van der Waals surface area (Å²) in [6, 6.07) is 20.5. The van der Waals surface area contributed by atoms with E-state index in [1.54, 1.807) is 0 Å². The normalized spacial score (nSPS) is 11.3. The molecule has 0 aliphatic rings. The van der Waals surface area contributed by atoms with Gasteiger partial charge >= 0.3 is 0 Å². The predicted molar refractivity (Wildman–Crippen MR) is 87.8 cm³/mol. The molecule has 0 saturated heterocycles. The zero-order valence-electron chi connectivity index (χ0n) is 11.3. The molecule has 0 aliphatic heterocycles. The Bertz CT molecular complexity index is 926. The number of halogens is 1. The molecule has 0 aliphatic carbocycles. The Labute approximate surface area is 127 Å². The zero-order chi connectivity index (χ0) is 14.2. The molecule has 2 nitrogen and oxygen atoms in total. The van der Waals surface area contributed by atoms with Gasteiger partial charge in [0.25, 0.3) is 0 Å². The molecular weight excluding hydrogens is 280 g/mol. The maximum absolute atomic E-state index is 6.07. The molecule has 2 heterocycles. The molecule has 0 saturated carbocycles. The number of benzene rings is 2. The second kappa shape index (κ2) is 4.90. The molecule has 4 rings (SSSR count). The van der Waals surface area contributed by atoms with Crippen molar-refractivity contribution in [3.63, 3.8) is 0 Å². The van der Waals surface area contributed by atoms with Crippen LogP contribution in [0.3, 0.4) is 0 Å². The molecule has 0 amide bonds. The average molecular weight is 293 g/mol. The molecule has 102 valence electrons. The van der Waals surface area contributed by atoms with E-state index in [1.807, 2.05) is 24.3 Å². The summed E-state index contributed by atoms with van der Waals surface area (Å²) < 4.78 is 2.17. The second-order valence-electron chi connectivity index (χ2n) is 5.17. The van der Waals surface area contributed by atoms with Crippen LogP contribution in [0.25, 0.3) is 21.9 Å². The number of nitrogens with zero attached hydrogens (tertiary/aromatic N) is 2. The van der Waals surface area contributed by atoms with E-state index < -0.39 is 0 Å². The first kappa shape index (κ1) is 12.4. The summed E-state index contributed by atoms with van der Waals surface area (Å²) in [5.74, 6) is 0. The summed E-state index contributed by atoms with van der Waals surface area (Å²) in [4.78, 5) is 4.77. The van der Waals surface area contributed by atoms with Gasteiger partial charge < -0.3 is 4.57 Å². The average Bonchev–Trinajstić information content (AvgIpc) is 2.88.